The third kappa shape index (κ3) is 3.35. The Morgan fingerprint density at radius 3 is 1.80 bits per heavy atom. The van der Waals surface area contributed by atoms with E-state index >= 15 is 0 Å². The molecule has 1 aromatic carbocycles. The summed E-state index contributed by atoms with van der Waals surface area (Å²) in [6.45, 7) is 6.57. The van der Waals surface area contributed by atoms with Gasteiger partial charge in [0.1, 0.15) is 17.2 Å². The highest BCUT2D eigenvalue weighted by atomic mass is 16.5. The Morgan fingerprint density at radius 1 is 1.00 bits per heavy atom. The Kier molecular flexibility index (Phi) is 6.61. The Hall–Kier alpha value is -1.46. The Morgan fingerprint density at radius 2 is 1.50 bits per heavy atom. The number of likely N-dealkylation sites (N-methyl/N-ethyl adjacent to an activating group) is 1. The van der Waals surface area contributed by atoms with Crippen LogP contribution in [0.4, 0.5) is 0 Å². The minimum Gasteiger partial charge on any atom is -0.496 e. The quantitative estimate of drug-likeness (QED) is 0.791. The van der Waals surface area contributed by atoms with E-state index in [4.69, 9.17) is 19.9 Å². The van der Waals surface area contributed by atoms with Crippen LogP contribution in [0.5, 0.6) is 17.2 Å². The molecular weight excluding hydrogens is 256 g/mol. The van der Waals surface area contributed by atoms with Crippen molar-refractivity contribution in [3.8, 4) is 17.2 Å². The third-order valence-corrected chi connectivity index (χ3v) is 3.56. The number of nitrogens with two attached hydrogens (primary N) is 1. The van der Waals surface area contributed by atoms with Gasteiger partial charge in [-0.05, 0) is 13.1 Å². The van der Waals surface area contributed by atoms with E-state index in [9.17, 15) is 0 Å². The summed E-state index contributed by atoms with van der Waals surface area (Å²) in [5.74, 6) is 2.19. The molecule has 1 atom stereocenters. The standard InChI is InChI=1S/C15H26N2O3/c1-6-17(7-2)12(10-16)15-13(19-4)8-11(18-3)9-14(15)20-5/h8-9,12H,6-7,10,16H2,1-5H3. The molecule has 1 rings (SSSR count). The average Bonchev–Trinajstić information content (AvgIpc) is 2.51. The summed E-state index contributed by atoms with van der Waals surface area (Å²) in [5, 5.41) is 0. The molecular formula is C15H26N2O3. The molecule has 1 unspecified atom stereocenters. The van der Waals surface area contributed by atoms with Gasteiger partial charge in [-0.1, -0.05) is 13.8 Å². The molecule has 0 saturated heterocycles. The maximum absolute atomic E-state index is 5.99. The van der Waals surface area contributed by atoms with E-state index in [0.29, 0.717) is 12.3 Å². The highest BCUT2D eigenvalue weighted by Crippen LogP contribution is 2.40. The Labute approximate surface area is 121 Å². The zero-order chi connectivity index (χ0) is 15.1. The topological polar surface area (TPSA) is 57.0 Å². The number of hydrogen-bond acceptors (Lipinski definition) is 5. The van der Waals surface area contributed by atoms with E-state index in [0.717, 1.165) is 30.2 Å². The molecule has 1 aromatic rings. The van der Waals surface area contributed by atoms with Crippen LogP contribution in [0, 0.1) is 0 Å². The predicted octanol–water partition coefficient (Wildman–Crippen LogP) is 2.05. The van der Waals surface area contributed by atoms with Crippen LogP contribution >= 0.6 is 0 Å². The van der Waals surface area contributed by atoms with Gasteiger partial charge in [0.25, 0.3) is 0 Å². The van der Waals surface area contributed by atoms with Gasteiger partial charge in [-0.3, -0.25) is 4.90 Å². The van der Waals surface area contributed by atoms with E-state index in [-0.39, 0.29) is 6.04 Å². The average molecular weight is 282 g/mol. The van der Waals surface area contributed by atoms with Crippen molar-refractivity contribution >= 4 is 0 Å². The van der Waals surface area contributed by atoms with Gasteiger partial charge in [0, 0.05) is 18.7 Å². The number of rotatable bonds is 8. The molecule has 0 fully saturated rings. The van der Waals surface area contributed by atoms with Gasteiger partial charge in [-0.25, -0.2) is 0 Å². The van der Waals surface area contributed by atoms with E-state index in [2.05, 4.69) is 18.7 Å². The third-order valence-electron chi connectivity index (χ3n) is 3.56. The molecule has 20 heavy (non-hydrogen) atoms. The first-order valence-electron chi connectivity index (χ1n) is 6.90. The number of nitrogens with zero attached hydrogens (tertiary/aromatic N) is 1. The number of hydrogen-bond donors (Lipinski definition) is 1. The fourth-order valence-corrected chi connectivity index (χ4v) is 2.47. The molecule has 0 spiro atoms. The second kappa shape index (κ2) is 7.97. The van der Waals surface area contributed by atoms with E-state index in [1.54, 1.807) is 21.3 Å². The maximum atomic E-state index is 5.99. The van der Waals surface area contributed by atoms with Crippen molar-refractivity contribution in [2.75, 3.05) is 41.0 Å². The van der Waals surface area contributed by atoms with Gasteiger partial charge < -0.3 is 19.9 Å². The van der Waals surface area contributed by atoms with Gasteiger partial charge in [0.15, 0.2) is 0 Å². The summed E-state index contributed by atoms with van der Waals surface area (Å²) < 4.78 is 16.3. The normalized spacial score (nSPS) is 12.3. The van der Waals surface area contributed by atoms with Crippen molar-refractivity contribution < 1.29 is 14.2 Å². The van der Waals surface area contributed by atoms with Crippen molar-refractivity contribution in [3.05, 3.63) is 17.7 Å². The molecule has 0 amide bonds. The zero-order valence-electron chi connectivity index (χ0n) is 13.1. The highest BCUT2D eigenvalue weighted by Gasteiger charge is 2.25. The van der Waals surface area contributed by atoms with Gasteiger partial charge in [0.05, 0.1) is 32.9 Å². The van der Waals surface area contributed by atoms with E-state index in [1.807, 2.05) is 12.1 Å². The van der Waals surface area contributed by atoms with Gasteiger partial charge >= 0.3 is 0 Å². The van der Waals surface area contributed by atoms with Gasteiger partial charge in [-0.15, -0.1) is 0 Å². The summed E-state index contributed by atoms with van der Waals surface area (Å²) in [6, 6.07) is 3.79. The lowest BCUT2D eigenvalue weighted by atomic mass is 10.0. The minimum absolute atomic E-state index is 0.0563. The highest BCUT2D eigenvalue weighted by molar-refractivity contribution is 5.52. The molecule has 0 radical (unpaired) electrons. The van der Waals surface area contributed by atoms with Gasteiger partial charge in [0.2, 0.25) is 0 Å². The lowest BCUT2D eigenvalue weighted by Crippen LogP contribution is -2.34. The van der Waals surface area contributed by atoms with Crippen molar-refractivity contribution in [1.82, 2.24) is 4.90 Å². The summed E-state index contributed by atoms with van der Waals surface area (Å²) in [7, 11) is 4.92. The van der Waals surface area contributed by atoms with Crippen molar-refractivity contribution in [2.24, 2.45) is 5.73 Å². The molecule has 5 nitrogen and oxygen atoms in total. The lowest BCUT2D eigenvalue weighted by Gasteiger charge is -2.31. The predicted molar refractivity (Wildman–Crippen MR) is 80.8 cm³/mol. The monoisotopic (exact) mass is 282 g/mol. The lowest BCUT2D eigenvalue weighted by molar-refractivity contribution is 0.214. The minimum atomic E-state index is 0.0563. The van der Waals surface area contributed by atoms with Crippen molar-refractivity contribution in [3.63, 3.8) is 0 Å². The van der Waals surface area contributed by atoms with Gasteiger partial charge in [-0.2, -0.15) is 0 Å². The first-order chi connectivity index (χ1) is 9.66. The first-order valence-corrected chi connectivity index (χ1v) is 6.90. The smallest absolute Gasteiger partial charge is 0.131 e. The van der Waals surface area contributed by atoms with Crippen LogP contribution in [-0.2, 0) is 0 Å². The van der Waals surface area contributed by atoms with Crippen LogP contribution in [-0.4, -0.2) is 45.9 Å². The number of methoxy groups -OCH3 is 3. The van der Waals surface area contributed by atoms with Crippen LogP contribution in [0.25, 0.3) is 0 Å². The fourth-order valence-electron chi connectivity index (χ4n) is 2.47. The SMILES string of the molecule is CCN(CC)C(CN)c1c(OC)cc(OC)cc1OC. The molecule has 0 heterocycles. The van der Waals surface area contributed by atoms with Crippen LogP contribution < -0.4 is 19.9 Å². The van der Waals surface area contributed by atoms with Crippen LogP contribution in [0.3, 0.4) is 0 Å². The second-order valence-corrected chi connectivity index (χ2v) is 4.42. The first kappa shape index (κ1) is 16.6. The molecule has 2 N–H and O–H groups in total. The molecule has 0 saturated carbocycles. The number of ether oxygens (including phenoxy) is 3. The Balaban J connectivity index is 3.38. The summed E-state index contributed by atoms with van der Waals surface area (Å²) >= 11 is 0. The molecule has 0 aliphatic rings. The van der Waals surface area contributed by atoms with Crippen LogP contribution in [0.15, 0.2) is 12.1 Å². The summed E-state index contributed by atoms with van der Waals surface area (Å²) in [5.41, 5.74) is 6.96. The fraction of sp³-hybridized carbons (Fsp3) is 0.600. The zero-order valence-corrected chi connectivity index (χ0v) is 13.1. The second-order valence-electron chi connectivity index (χ2n) is 4.42. The molecule has 5 heteroatoms. The summed E-state index contributed by atoms with van der Waals surface area (Å²) in [6.07, 6.45) is 0. The molecule has 0 bridgehead atoms. The van der Waals surface area contributed by atoms with E-state index in [1.165, 1.54) is 0 Å². The molecule has 0 aromatic heterocycles. The molecule has 0 aliphatic heterocycles. The van der Waals surface area contributed by atoms with Crippen molar-refractivity contribution in [1.29, 1.82) is 0 Å². The number of benzene rings is 1. The molecule has 114 valence electrons. The van der Waals surface area contributed by atoms with Crippen LogP contribution in [0.1, 0.15) is 25.5 Å². The Bertz CT molecular complexity index is 395. The van der Waals surface area contributed by atoms with Crippen molar-refractivity contribution in [2.45, 2.75) is 19.9 Å². The van der Waals surface area contributed by atoms with E-state index < -0.39 is 0 Å². The molecule has 0 aliphatic carbocycles. The largest absolute Gasteiger partial charge is 0.496 e. The maximum Gasteiger partial charge on any atom is 0.131 e. The van der Waals surface area contributed by atoms with Crippen LogP contribution in [0.2, 0.25) is 0 Å². The summed E-state index contributed by atoms with van der Waals surface area (Å²) in [4.78, 5) is 2.28.